The van der Waals surface area contributed by atoms with Crippen LogP contribution in [-0.2, 0) is 0 Å². The number of aliphatic hydroxyl groups excluding tert-OH is 1. The smallest absolute Gasteiger partial charge is 0.253 e. The highest BCUT2D eigenvalue weighted by molar-refractivity contribution is 5.99. The minimum absolute atomic E-state index is 0.0477. The van der Waals surface area contributed by atoms with E-state index in [1.807, 2.05) is 32.0 Å². The minimum Gasteiger partial charge on any atom is -0.394 e. The van der Waals surface area contributed by atoms with Crippen LogP contribution in [0, 0.1) is 5.92 Å². The lowest BCUT2D eigenvalue weighted by molar-refractivity contribution is 0.0897. The minimum atomic E-state index is -0.216. The average molecular weight is 264 g/mol. The maximum Gasteiger partial charge on any atom is 0.253 e. The van der Waals surface area contributed by atoms with Crippen LogP contribution in [0.5, 0.6) is 0 Å². The first-order valence-corrected chi connectivity index (χ1v) is 6.84. The second kappa shape index (κ2) is 7.79. The Balaban J connectivity index is 2.81. The topological polar surface area (TPSA) is 61.4 Å². The normalized spacial score (nSPS) is 12.3. The zero-order chi connectivity index (χ0) is 14.3. The van der Waals surface area contributed by atoms with Crippen molar-refractivity contribution >= 4 is 11.6 Å². The van der Waals surface area contributed by atoms with Crippen molar-refractivity contribution in [2.75, 3.05) is 18.5 Å². The molecule has 0 bridgehead atoms. The first-order chi connectivity index (χ1) is 9.10. The van der Waals surface area contributed by atoms with E-state index in [-0.39, 0.29) is 24.5 Å². The van der Waals surface area contributed by atoms with Crippen LogP contribution in [-0.4, -0.2) is 30.2 Å². The molecule has 1 atom stereocenters. The molecule has 1 aromatic rings. The number of aliphatic hydroxyl groups is 1. The van der Waals surface area contributed by atoms with E-state index in [9.17, 15) is 9.90 Å². The number of nitrogens with one attached hydrogen (secondary N) is 2. The number of amides is 1. The molecule has 4 nitrogen and oxygen atoms in total. The number of carbonyl (C=O) groups excluding carboxylic acids is 1. The van der Waals surface area contributed by atoms with Gasteiger partial charge in [0.1, 0.15) is 0 Å². The van der Waals surface area contributed by atoms with Gasteiger partial charge >= 0.3 is 0 Å². The van der Waals surface area contributed by atoms with Crippen LogP contribution in [0.1, 0.15) is 37.6 Å². The van der Waals surface area contributed by atoms with Gasteiger partial charge in [0.25, 0.3) is 5.91 Å². The van der Waals surface area contributed by atoms with Crippen LogP contribution in [0.25, 0.3) is 0 Å². The third-order valence-corrected chi connectivity index (χ3v) is 3.06. The lowest BCUT2D eigenvalue weighted by Crippen LogP contribution is -2.41. The van der Waals surface area contributed by atoms with Crippen molar-refractivity contribution in [1.82, 2.24) is 5.32 Å². The summed E-state index contributed by atoms with van der Waals surface area (Å²) in [6.45, 7) is 6.81. The van der Waals surface area contributed by atoms with Crippen molar-refractivity contribution in [2.24, 2.45) is 5.92 Å². The molecular formula is C15H24N2O2. The fourth-order valence-electron chi connectivity index (χ4n) is 1.76. The van der Waals surface area contributed by atoms with Gasteiger partial charge in [0.2, 0.25) is 0 Å². The molecule has 4 heteroatoms. The molecule has 1 unspecified atom stereocenters. The fourth-order valence-corrected chi connectivity index (χ4v) is 1.76. The van der Waals surface area contributed by atoms with Crippen LogP contribution in [0.2, 0.25) is 0 Å². The molecule has 0 spiro atoms. The summed E-state index contributed by atoms with van der Waals surface area (Å²) in [4.78, 5) is 12.2. The van der Waals surface area contributed by atoms with E-state index in [1.54, 1.807) is 6.07 Å². The molecule has 0 radical (unpaired) electrons. The number of benzene rings is 1. The summed E-state index contributed by atoms with van der Waals surface area (Å²) >= 11 is 0. The molecule has 0 saturated carbocycles. The summed E-state index contributed by atoms with van der Waals surface area (Å²) < 4.78 is 0. The Kier molecular flexibility index (Phi) is 6.36. The summed E-state index contributed by atoms with van der Waals surface area (Å²) in [5, 5.41) is 15.4. The molecule has 1 amide bonds. The van der Waals surface area contributed by atoms with Gasteiger partial charge in [0.15, 0.2) is 0 Å². The summed E-state index contributed by atoms with van der Waals surface area (Å²) in [7, 11) is 0. The van der Waals surface area contributed by atoms with Crippen molar-refractivity contribution in [3.05, 3.63) is 29.8 Å². The SMILES string of the molecule is CCCNc1ccccc1C(=O)NC(CO)C(C)C. The summed E-state index contributed by atoms with van der Waals surface area (Å²) in [5.74, 6) is 0.0525. The summed E-state index contributed by atoms with van der Waals surface area (Å²) in [6, 6.07) is 7.22. The van der Waals surface area contributed by atoms with Crippen molar-refractivity contribution in [2.45, 2.75) is 33.2 Å². The van der Waals surface area contributed by atoms with Crippen molar-refractivity contribution < 1.29 is 9.90 Å². The maximum absolute atomic E-state index is 12.2. The number of rotatable bonds is 7. The van der Waals surface area contributed by atoms with Gasteiger partial charge in [-0.15, -0.1) is 0 Å². The zero-order valence-electron chi connectivity index (χ0n) is 11.9. The highest BCUT2D eigenvalue weighted by Gasteiger charge is 2.17. The van der Waals surface area contributed by atoms with Crippen LogP contribution >= 0.6 is 0 Å². The highest BCUT2D eigenvalue weighted by Crippen LogP contribution is 2.15. The van der Waals surface area contributed by atoms with Gasteiger partial charge in [-0.3, -0.25) is 4.79 Å². The number of para-hydroxylation sites is 1. The van der Waals surface area contributed by atoms with E-state index in [4.69, 9.17) is 0 Å². The predicted molar refractivity (Wildman–Crippen MR) is 78.4 cm³/mol. The molecule has 0 fully saturated rings. The molecule has 1 rings (SSSR count). The lowest BCUT2D eigenvalue weighted by Gasteiger charge is -2.21. The lowest BCUT2D eigenvalue weighted by atomic mass is 10.0. The van der Waals surface area contributed by atoms with Gasteiger partial charge in [-0.05, 0) is 24.5 Å². The van der Waals surface area contributed by atoms with Gasteiger partial charge in [-0.25, -0.2) is 0 Å². The molecule has 0 aliphatic rings. The monoisotopic (exact) mass is 264 g/mol. The Morgan fingerprint density at radius 2 is 2.00 bits per heavy atom. The van der Waals surface area contributed by atoms with Gasteiger partial charge in [-0.2, -0.15) is 0 Å². The second-order valence-corrected chi connectivity index (χ2v) is 4.98. The molecule has 106 valence electrons. The molecular weight excluding hydrogens is 240 g/mol. The van der Waals surface area contributed by atoms with E-state index in [2.05, 4.69) is 17.6 Å². The van der Waals surface area contributed by atoms with Crippen molar-refractivity contribution in [3.8, 4) is 0 Å². The highest BCUT2D eigenvalue weighted by atomic mass is 16.3. The average Bonchev–Trinajstić information content (AvgIpc) is 2.42. The third-order valence-electron chi connectivity index (χ3n) is 3.06. The molecule has 0 heterocycles. The number of hydrogen-bond acceptors (Lipinski definition) is 3. The fraction of sp³-hybridized carbons (Fsp3) is 0.533. The molecule has 0 aromatic heterocycles. The molecule has 19 heavy (non-hydrogen) atoms. The summed E-state index contributed by atoms with van der Waals surface area (Å²) in [6.07, 6.45) is 1.00. The predicted octanol–water partition coefficient (Wildman–Crippen LogP) is 2.26. The molecule has 0 aliphatic carbocycles. The first-order valence-electron chi connectivity index (χ1n) is 6.84. The quantitative estimate of drug-likeness (QED) is 0.708. The van der Waals surface area contributed by atoms with Crippen LogP contribution in [0.3, 0.4) is 0 Å². The summed E-state index contributed by atoms with van der Waals surface area (Å²) in [5.41, 5.74) is 1.46. The van der Waals surface area contributed by atoms with Crippen LogP contribution < -0.4 is 10.6 Å². The van der Waals surface area contributed by atoms with Crippen molar-refractivity contribution in [3.63, 3.8) is 0 Å². The molecule has 1 aromatic carbocycles. The maximum atomic E-state index is 12.2. The molecule has 0 aliphatic heterocycles. The molecule has 0 saturated heterocycles. The van der Waals surface area contributed by atoms with E-state index in [0.717, 1.165) is 18.7 Å². The number of hydrogen-bond donors (Lipinski definition) is 3. The largest absolute Gasteiger partial charge is 0.394 e. The van der Waals surface area contributed by atoms with Gasteiger partial charge in [0, 0.05) is 12.2 Å². The van der Waals surface area contributed by atoms with Crippen LogP contribution in [0.4, 0.5) is 5.69 Å². The standard InChI is InChI=1S/C15H24N2O2/c1-4-9-16-13-8-6-5-7-12(13)15(19)17-14(10-18)11(2)3/h5-8,11,14,16,18H,4,9-10H2,1-3H3,(H,17,19). The van der Waals surface area contributed by atoms with Gasteiger partial charge < -0.3 is 15.7 Å². The third kappa shape index (κ3) is 4.56. The van der Waals surface area contributed by atoms with E-state index >= 15 is 0 Å². The Bertz CT molecular complexity index is 405. The van der Waals surface area contributed by atoms with Crippen molar-refractivity contribution in [1.29, 1.82) is 0 Å². The van der Waals surface area contributed by atoms with Crippen LogP contribution in [0.15, 0.2) is 24.3 Å². The Morgan fingerprint density at radius 1 is 1.32 bits per heavy atom. The molecule has 3 N–H and O–H groups in total. The van der Waals surface area contributed by atoms with Gasteiger partial charge in [0.05, 0.1) is 18.2 Å². The Hall–Kier alpha value is -1.55. The Morgan fingerprint density at radius 3 is 2.58 bits per heavy atom. The van der Waals surface area contributed by atoms with Gasteiger partial charge in [-0.1, -0.05) is 32.9 Å². The number of anilines is 1. The van der Waals surface area contributed by atoms with E-state index in [1.165, 1.54) is 0 Å². The van der Waals surface area contributed by atoms with E-state index in [0.29, 0.717) is 5.56 Å². The first kappa shape index (κ1) is 15.5. The Labute approximate surface area is 115 Å². The zero-order valence-corrected chi connectivity index (χ0v) is 11.9. The second-order valence-electron chi connectivity index (χ2n) is 4.98. The van der Waals surface area contributed by atoms with E-state index < -0.39 is 0 Å². The number of carbonyl (C=O) groups is 1.